The lowest BCUT2D eigenvalue weighted by Gasteiger charge is -2.08. The first kappa shape index (κ1) is 16.4. The van der Waals surface area contributed by atoms with Gasteiger partial charge in [0.1, 0.15) is 0 Å². The van der Waals surface area contributed by atoms with Gasteiger partial charge in [-0.1, -0.05) is 31.5 Å². The van der Waals surface area contributed by atoms with Crippen LogP contribution in [-0.2, 0) is 6.42 Å². The predicted octanol–water partition coefficient (Wildman–Crippen LogP) is 5.41. The molecule has 1 amide bonds. The zero-order valence-corrected chi connectivity index (χ0v) is 14.5. The van der Waals surface area contributed by atoms with E-state index < -0.39 is 0 Å². The first-order chi connectivity index (χ1) is 11.8. The number of amides is 1. The maximum atomic E-state index is 12.7. The second kappa shape index (κ2) is 7.88. The number of thiophene rings is 1. The number of rotatable bonds is 6. The molecule has 0 unspecified atom stereocenters. The molecule has 0 bridgehead atoms. The van der Waals surface area contributed by atoms with Crippen LogP contribution in [0.25, 0.3) is 10.4 Å². The highest BCUT2D eigenvalue weighted by Crippen LogP contribution is 2.31. The number of aryl methyl sites for hydroxylation is 1. The van der Waals surface area contributed by atoms with Crippen molar-refractivity contribution in [2.45, 2.75) is 26.2 Å². The predicted molar refractivity (Wildman–Crippen MR) is 101 cm³/mol. The largest absolute Gasteiger partial charge is 0.322 e. The molecular formula is C20H20N2OS. The highest BCUT2D eigenvalue weighted by molar-refractivity contribution is 7.15. The first-order valence-corrected chi connectivity index (χ1v) is 8.99. The summed E-state index contributed by atoms with van der Waals surface area (Å²) in [7, 11) is 0. The monoisotopic (exact) mass is 336 g/mol. The number of unbranched alkanes of at least 4 members (excludes halogenated alkanes) is 1. The van der Waals surface area contributed by atoms with Crippen LogP contribution in [0.15, 0.2) is 60.9 Å². The molecule has 0 aliphatic heterocycles. The van der Waals surface area contributed by atoms with E-state index in [1.54, 1.807) is 29.8 Å². The van der Waals surface area contributed by atoms with Gasteiger partial charge in [0.05, 0.1) is 5.56 Å². The third-order valence-electron chi connectivity index (χ3n) is 3.80. The number of hydrogen-bond donors (Lipinski definition) is 1. The van der Waals surface area contributed by atoms with Crippen LogP contribution in [0.3, 0.4) is 0 Å². The second-order valence-corrected chi connectivity index (χ2v) is 6.78. The number of para-hydroxylation sites is 1. The normalized spacial score (nSPS) is 10.5. The van der Waals surface area contributed by atoms with Crippen molar-refractivity contribution < 1.29 is 4.79 Å². The van der Waals surface area contributed by atoms with Gasteiger partial charge in [-0.05, 0) is 43.2 Å². The minimum atomic E-state index is -0.109. The third kappa shape index (κ3) is 3.89. The van der Waals surface area contributed by atoms with E-state index in [-0.39, 0.29) is 5.91 Å². The number of benzene rings is 1. The molecule has 4 heteroatoms. The Morgan fingerprint density at radius 2 is 1.96 bits per heavy atom. The molecule has 1 aromatic carbocycles. The molecule has 3 rings (SSSR count). The molecule has 0 saturated carbocycles. The van der Waals surface area contributed by atoms with Crippen molar-refractivity contribution in [2.75, 3.05) is 5.32 Å². The van der Waals surface area contributed by atoms with Crippen molar-refractivity contribution in [1.82, 2.24) is 4.98 Å². The SMILES string of the molecule is CCCCc1ccc(-c2cnccc2C(=O)Nc2ccccc2)s1. The van der Waals surface area contributed by atoms with Gasteiger partial charge in [-0.2, -0.15) is 0 Å². The van der Waals surface area contributed by atoms with E-state index in [2.05, 4.69) is 29.4 Å². The van der Waals surface area contributed by atoms with Gasteiger partial charge in [0.15, 0.2) is 0 Å². The topological polar surface area (TPSA) is 42.0 Å². The Labute approximate surface area is 146 Å². The summed E-state index contributed by atoms with van der Waals surface area (Å²) >= 11 is 1.74. The Morgan fingerprint density at radius 3 is 2.75 bits per heavy atom. The van der Waals surface area contributed by atoms with Gasteiger partial charge < -0.3 is 5.32 Å². The summed E-state index contributed by atoms with van der Waals surface area (Å²) in [6.45, 7) is 2.20. The molecule has 0 aliphatic rings. The van der Waals surface area contributed by atoms with Crippen molar-refractivity contribution in [1.29, 1.82) is 0 Å². The highest BCUT2D eigenvalue weighted by atomic mass is 32.1. The lowest BCUT2D eigenvalue weighted by atomic mass is 10.1. The standard InChI is InChI=1S/C20H20N2OS/c1-2-3-9-16-10-11-19(24-16)18-14-21-13-12-17(18)20(23)22-15-7-5-4-6-8-15/h4-8,10-14H,2-3,9H2,1H3,(H,22,23). The fourth-order valence-corrected chi connectivity index (χ4v) is 3.59. The number of pyridine rings is 1. The fraction of sp³-hybridized carbons (Fsp3) is 0.200. The van der Waals surface area contributed by atoms with Crippen LogP contribution in [-0.4, -0.2) is 10.9 Å². The smallest absolute Gasteiger partial charge is 0.256 e. The number of hydrogen-bond acceptors (Lipinski definition) is 3. The van der Waals surface area contributed by atoms with E-state index >= 15 is 0 Å². The van der Waals surface area contributed by atoms with Crippen LogP contribution < -0.4 is 5.32 Å². The molecule has 0 spiro atoms. The molecule has 3 aromatic rings. The number of nitrogens with zero attached hydrogens (tertiary/aromatic N) is 1. The first-order valence-electron chi connectivity index (χ1n) is 8.17. The van der Waals surface area contributed by atoms with Gasteiger partial charge in [-0.3, -0.25) is 9.78 Å². The van der Waals surface area contributed by atoms with E-state index in [0.29, 0.717) is 5.56 Å². The summed E-state index contributed by atoms with van der Waals surface area (Å²) in [6.07, 6.45) is 6.90. The number of carbonyl (C=O) groups is 1. The Morgan fingerprint density at radius 1 is 1.12 bits per heavy atom. The number of aromatic nitrogens is 1. The molecule has 122 valence electrons. The maximum Gasteiger partial charge on any atom is 0.256 e. The van der Waals surface area contributed by atoms with E-state index in [9.17, 15) is 4.79 Å². The quantitative estimate of drug-likeness (QED) is 0.654. The lowest BCUT2D eigenvalue weighted by Crippen LogP contribution is -2.13. The van der Waals surface area contributed by atoms with Gasteiger partial charge in [0.2, 0.25) is 0 Å². The number of nitrogens with one attached hydrogen (secondary N) is 1. The van der Waals surface area contributed by atoms with E-state index in [1.807, 2.05) is 30.3 Å². The number of anilines is 1. The van der Waals surface area contributed by atoms with Crippen LogP contribution in [0.2, 0.25) is 0 Å². The molecule has 0 radical (unpaired) electrons. The summed E-state index contributed by atoms with van der Waals surface area (Å²) in [6, 6.07) is 15.5. The van der Waals surface area contributed by atoms with Gasteiger partial charge in [0, 0.05) is 33.4 Å². The molecule has 0 fully saturated rings. The molecule has 2 aromatic heterocycles. The Kier molecular flexibility index (Phi) is 5.39. The van der Waals surface area contributed by atoms with Crippen molar-refractivity contribution in [3.8, 4) is 10.4 Å². The van der Waals surface area contributed by atoms with Gasteiger partial charge in [-0.15, -0.1) is 11.3 Å². The third-order valence-corrected chi connectivity index (χ3v) is 4.98. The van der Waals surface area contributed by atoms with Crippen LogP contribution in [0.4, 0.5) is 5.69 Å². The van der Waals surface area contributed by atoms with E-state index in [0.717, 1.165) is 22.5 Å². The van der Waals surface area contributed by atoms with Gasteiger partial charge in [0.25, 0.3) is 5.91 Å². The molecule has 1 N–H and O–H groups in total. The summed E-state index contributed by atoms with van der Waals surface area (Å²) in [5, 5.41) is 2.95. The van der Waals surface area contributed by atoms with Crippen LogP contribution in [0, 0.1) is 0 Å². The molecule has 0 saturated heterocycles. The van der Waals surface area contributed by atoms with Crippen LogP contribution >= 0.6 is 11.3 Å². The molecule has 24 heavy (non-hydrogen) atoms. The van der Waals surface area contributed by atoms with E-state index in [1.165, 1.54) is 17.7 Å². The summed E-state index contributed by atoms with van der Waals surface area (Å²) < 4.78 is 0. The minimum absolute atomic E-state index is 0.109. The molecular weight excluding hydrogens is 316 g/mol. The zero-order valence-electron chi connectivity index (χ0n) is 13.7. The second-order valence-electron chi connectivity index (χ2n) is 5.61. The molecule has 3 nitrogen and oxygen atoms in total. The Bertz CT molecular complexity index is 811. The molecule has 2 heterocycles. The van der Waals surface area contributed by atoms with Gasteiger partial charge in [-0.25, -0.2) is 0 Å². The summed E-state index contributed by atoms with van der Waals surface area (Å²) in [5.74, 6) is -0.109. The summed E-state index contributed by atoms with van der Waals surface area (Å²) in [4.78, 5) is 19.3. The lowest BCUT2D eigenvalue weighted by molar-refractivity contribution is 0.102. The van der Waals surface area contributed by atoms with Crippen molar-refractivity contribution in [3.63, 3.8) is 0 Å². The van der Waals surface area contributed by atoms with Crippen molar-refractivity contribution in [3.05, 3.63) is 71.4 Å². The van der Waals surface area contributed by atoms with E-state index in [4.69, 9.17) is 0 Å². The maximum absolute atomic E-state index is 12.7. The van der Waals surface area contributed by atoms with Crippen molar-refractivity contribution in [2.24, 2.45) is 0 Å². The molecule has 0 atom stereocenters. The van der Waals surface area contributed by atoms with Gasteiger partial charge >= 0.3 is 0 Å². The Hall–Kier alpha value is -2.46. The summed E-state index contributed by atoms with van der Waals surface area (Å²) in [5.41, 5.74) is 2.33. The number of carbonyl (C=O) groups excluding carboxylic acids is 1. The zero-order chi connectivity index (χ0) is 16.8. The average Bonchev–Trinajstić information content (AvgIpc) is 3.09. The molecule has 0 aliphatic carbocycles. The fourth-order valence-electron chi connectivity index (χ4n) is 2.52. The highest BCUT2D eigenvalue weighted by Gasteiger charge is 2.14. The minimum Gasteiger partial charge on any atom is -0.322 e. The van der Waals surface area contributed by atoms with Crippen molar-refractivity contribution >= 4 is 22.9 Å². The van der Waals surface area contributed by atoms with Crippen LogP contribution in [0.5, 0.6) is 0 Å². The Balaban J connectivity index is 1.85. The average molecular weight is 336 g/mol. The van der Waals surface area contributed by atoms with Crippen LogP contribution in [0.1, 0.15) is 35.0 Å².